The fourth-order valence-corrected chi connectivity index (χ4v) is 0.418. The summed E-state index contributed by atoms with van der Waals surface area (Å²) in [4.78, 5) is 0. The van der Waals surface area contributed by atoms with Crippen LogP contribution in [0.25, 0.3) is 0 Å². The van der Waals surface area contributed by atoms with Crippen molar-refractivity contribution < 1.29 is 5.11 Å². The van der Waals surface area contributed by atoms with Crippen molar-refractivity contribution in [3.05, 3.63) is 11.5 Å². The lowest BCUT2D eigenvalue weighted by atomic mass is 10.7. The number of rotatable bonds is 2. The maximum Gasteiger partial charge on any atom is 0.0620 e. The molecule has 0 fully saturated rings. The van der Waals surface area contributed by atoms with Gasteiger partial charge in [-0.2, -0.15) is 0 Å². The second-order valence-electron chi connectivity index (χ2n) is 0.790. The fraction of sp³-hybridized carbons (Fsp3) is 0.500. The molecule has 0 heterocycles. The van der Waals surface area contributed by atoms with Crippen LogP contribution in [0.4, 0.5) is 0 Å². The summed E-state index contributed by atoms with van der Waals surface area (Å²) in [7, 11) is 0. The van der Waals surface area contributed by atoms with E-state index in [2.05, 4.69) is 0 Å². The highest BCUT2D eigenvalue weighted by Crippen LogP contribution is 1.90. The Hall–Kier alpha value is 0.0500. The van der Waals surface area contributed by atoms with Gasteiger partial charge in [-0.15, -0.1) is 11.8 Å². The van der Waals surface area contributed by atoms with Crippen molar-refractivity contribution in [3.8, 4) is 0 Å². The monoisotopic (exact) mass is 104 g/mol. The van der Waals surface area contributed by atoms with E-state index >= 15 is 0 Å². The molecule has 0 aliphatic heterocycles. The first-order valence-corrected chi connectivity index (χ1v) is 2.99. The van der Waals surface area contributed by atoms with Gasteiger partial charge >= 0.3 is 0 Å². The fourth-order valence-electron chi connectivity index (χ4n) is 0.139. The maximum absolute atomic E-state index is 8.10. The lowest BCUT2D eigenvalue weighted by Gasteiger charge is -1.73. The summed E-state index contributed by atoms with van der Waals surface area (Å²) in [5, 5.41) is 9.94. The first kappa shape index (κ1) is 6.05. The summed E-state index contributed by atoms with van der Waals surface area (Å²) in [6.07, 6.45) is 3.65. The summed E-state index contributed by atoms with van der Waals surface area (Å²) in [6, 6.07) is 0. The van der Waals surface area contributed by atoms with Crippen molar-refractivity contribution in [3.63, 3.8) is 0 Å². The Kier molecular flexibility index (Phi) is 5.09. The predicted molar refractivity (Wildman–Crippen MR) is 29.7 cm³/mol. The molecule has 0 radical (unpaired) electrons. The van der Waals surface area contributed by atoms with Gasteiger partial charge in [-0.05, 0) is 11.7 Å². The molecule has 0 saturated carbocycles. The number of aliphatic hydroxyl groups is 1. The number of aliphatic hydroxyl groups excluding tert-OH is 1. The molecule has 0 aromatic heterocycles. The van der Waals surface area contributed by atoms with Crippen LogP contribution in [0.3, 0.4) is 0 Å². The van der Waals surface area contributed by atoms with Crippen LogP contribution in [0.2, 0.25) is 0 Å². The molecule has 36 valence electrons. The molecular formula is C4H8OS. The van der Waals surface area contributed by atoms with Gasteiger partial charge in [0, 0.05) is 0 Å². The van der Waals surface area contributed by atoms with Gasteiger partial charge in [-0.25, -0.2) is 0 Å². The van der Waals surface area contributed by atoms with Gasteiger partial charge in [-0.3, -0.25) is 0 Å². The van der Waals surface area contributed by atoms with Gasteiger partial charge < -0.3 is 5.11 Å². The number of hydrogen-bond donors (Lipinski definition) is 1. The van der Waals surface area contributed by atoms with Crippen LogP contribution < -0.4 is 0 Å². The van der Waals surface area contributed by atoms with Crippen LogP contribution in [-0.4, -0.2) is 18.0 Å². The van der Waals surface area contributed by atoms with Crippen molar-refractivity contribution in [2.45, 2.75) is 0 Å². The maximum atomic E-state index is 8.10. The second kappa shape index (κ2) is 5.05. The van der Waals surface area contributed by atoms with Crippen molar-refractivity contribution in [1.29, 1.82) is 0 Å². The zero-order valence-corrected chi connectivity index (χ0v) is 4.53. The lowest BCUT2D eigenvalue weighted by molar-refractivity contribution is 0.343. The largest absolute Gasteiger partial charge is 0.392 e. The first-order chi connectivity index (χ1) is 2.91. The summed E-state index contributed by atoms with van der Waals surface area (Å²) < 4.78 is 0. The third-order valence-corrected chi connectivity index (χ3v) is 0.802. The van der Waals surface area contributed by atoms with Gasteiger partial charge in [0.05, 0.1) is 6.61 Å². The van der Waals surface area contributed by atoms with Crippen molar-refractivity contribution in [1.82, 2.24) is 0 Å². The van der Waals surface area contributed by atoms with Crippen LogP contribution in [0.5, 0.6) is 0 Å². The van der Waals surface area contributed by atoms with Crippen molar-refractivity contribution >= 4 is 11.8 Å². The van der Waals surface area contributed by atoms with E-state index in [-0.39, 0.29) is 6.61 Å². The molecule has 0 aliphatic carbocycles. The Labute approximate surface area is 42.1 Å². The number of thioether (sulfide) groups is 1. The summed E-state index contributed by atoms with van der Waals surface area (Å²) in [5.41, 5.74) is 0. The normalized spacial score (nSPS) is 10.3. The van der Waals surface area contributed by atoms with Gasteiger partial charge in [0.1, 0.15) is 0 Å². The Morgan fingerprint density at radius 1 is 1.83 bits per heavy atom. The van der Waals surface area contributed by atoms with E-state index < -0.39 is 0 Å². The lowest BCUT2D eigenvalue weighted by Crippen LogP contribution is -1.65. The minimum atomic E-state index is 0.154. The van der Waals surface area contributed by atoms with Gasteiger partial charge in [-0.1, -0.05) is 6.08 Å². The second-order valence-corrected chi connectivity index (χ2v) is 1.53. The molecule has 1 N–H and O–H groups in total. The Morgan fingerprint density at radius 3 is 2.67 bits per heavy atom. The Balaban J connectivity index is 2.73. The molecule has 0 atom stereocenters. The van der Waals surface area contributed by atoms with E-state index in [1.807, 2.05) is 11.7 Å². The first-order valence-electron chi connectivity index (χ1n) is 1.70. The molecule has 0 bridgehead atoms. The van der Waals surface area contributed by atoms with E-state index in [0.717, 1.165) is 0 Å². The average Bonchev–Trinajstić information content (AvgIpc) is 1.61. The highest BCUT2D eigenvalue weighted by Gasteiger charge is 1.60. The molecule has 1 nitrogen and oxygen atoms in total. The van der Waals surface area contributed by atoms with Crippen molar-refractivity contribution in [2.24, 2.45) is 0 Å². The highest BCUT2D eigenvalue weighted by atomic mass is 32.2. The van der Waals surface area contributed by atoms with Crippen LogP contribution in [0, 0.1) is 0 Å². The molecule has 0 aromatic rings. The average molecular weight is 104 g/mol. The number of hydrogen-bond acceptors (Lipinski definition) is 2. The van der Waals surface area contributed by atoms with Crippen molar-refractivity contribution in [2.75, 3.05) is 12.9 Å². The zero-order valence-electron chi connectivity index (χ0n) is 3.72. The highest BCUT2D eigenvalue weighted by molar-refractivity contribution is 8.01. The quantitative estimate of drug-likeness (QED) is 0.560. The molecule has 0 saturated heterocycles. The molecule has 0 spiro atoms. The smallest absolute Gasteiger partial charge is 0.0620 e. The zero-order chi connectivity index (χ0) is 4.83. The molecule has 2 heteroatoms. The minimum Gasteiger partial charge on any atom is -0.392 e. The minimum absolute atomic E-state index is 0.154. The molecule has 6 heavy (non-hydrogen) atoms. The molecule has 0 aromatic carbocycles. The summed E-state index contributed by atoms with van der Waals surface area (Å²) >= 11 is 1.59. The van der Waals surface area contributed by atoms with Gasteiger partial charge in [0.15, 0.2) is 0 Å². The summed E-state index contributed by atoms with van der Waals surface area (Å²) in [5.74, 6) is 0. The van der Waals surface area contributed by atoms with E-state index in [1.165, 1.54) is 0 Å². The molecule has 0 amide bonds. The molecule has 0 unspecified atom stereocenters. The Bertz CT molecular complexity index is 36.8. The third-order valence-electron chi connectivity index (χ3n) is 0.338. The summed E-state index contributed by atoms with van der Waals surface area (Å²) in [6.45, 7) is 0.154. The van der Waals surface area contributed by atoms with Crippen LogP contribution in [0.1, 0.15) is 0 Å². The van der Waals surface area contributed by atoms with Crippen LogP contribution in [0.15, 0.2) is 11.5 Å². The third kappa shape index (κ3) is 4.05. The topological polar surface area (TPSA) is 20.2 Å². The molecule has 0 aliphatic rings. The molecule has 0 rings (SSSR count). The SMILES string of the molecule is CSC=CCO. The van der Waals surface area contributed by atoms with Crippen LogP contribution >= 0.6 is 11.8 Å². The van der Waals surface area contributed by atoms with E-state index in [1.54, 1.807) is 17.8 Å². The van der Waals surface area contributed by atoms with E-state index in [0.29, 0.717) is 0 Å². The predicted octanol–water partition coefficient (Wildman–Crippen LogP) is 0.855. The van der Waals surface area contributed by atoms with Crippen LogP contribution in [-0.2, 0) is 0 Å². The molecular weight excluding hydrogens is 96.1 g/mol. The van der Waals surface area contributed by atoms with E-state index in [9.17, 15) is 0 Å². The van der Waals surface area contributed by atoms with E-state index in [4.69, 9.17) is 5.11 Å². The van der Waals surface area contributed by atoms with Gasteiger partial charge in [0.25, 0.3) is 0 Å². The Morgan fingerprint density at radius 2 is 2.50 bits per heavy atom. The van der Waals surface area contributed by atoms with Gasteiger partial charge in [0.2, 0.25) is 0 Å². The standard InChI is InChI=1S/C4H8OS/c1-6-4-2-3-5/h2,4-5H,3H2,1H3.